The van der Waals surface area contributed by atoms with Gasteiger partial charge in [0.15, 0.2) is 11.5 Å². The number of piperidine rings is 2. The number of pyridine rings is 2. The highest BCUT2D eigenvalue weighted by Gasteiger charge is 2.28. The van der Waals surface area contributed by atoms with Crippen molar-refractivity contribution in [3.8, 4) is 22.6 Å². The van der Waals surface area contributed by atoms with E-state index in [9.17, 15) is 19.8 Å². The zero-order valence-corrected chi connectivity index (χ0v) is 33.3. The van der Waals surface area contributed by atoms with E-state index in [-0.39, 0.29) is 22.6 Å². The van der Waals surface area contributed by atoms with Crippen molar-refractivity contribution in [2.24, 2.45) is 17.8 Å². The normalized spacial score (nSPS) is 17.9. The maximum Gasteiger partial charge on any atom is 0.293 e. The maximum atomic E-state index is 13.4. The fourth-order valence-electron chi connectivity index (χ4n) is 9.76. The lowest BCUT2D eigenvalue weighted by Gasteiger charge is -2.37. The molecule has 4 heterocycles. The van der Waals surface area contributed by atoms with Gasteiger partial charge in [-0.2, -0.15) is 0 Å². The van der Waals surface area contributed by atoms with Gasteiger partial charge in [-0.1, -0.05) is 105 Å². The summed E-state index contributed by atoms with van der Waals surface area (Å²) < 4.78 is 3.19. The largest absolute Gasteiger partial charge is 0.503 e. The van der Waals surface area contributed by atoms with Gasteiger partial charge >= 0.3 is 0 Å². The highest BCUT2D eigenvalue weighted by molar-refractivity contribution is 5.65. The van der Waals surface area contributed by atoms with Crippen LogP contribution in [-0.2, 0) is 32.6 Å². The van der Waals surface area contributed by atoms with Crippen LogP contribution in [0.3, 0.4) is 0 Å². The lowest BCUT2D eigenvalue weighted by molar-refractivity contribution is 0.122. The molecule has 8 nitrogen and oxygen atoms in total. The average Bonchev–Trinajstić information content (AvgIpc) is 3.25. The molecule has 1 saturated carbocycles. The molecule has 1 aliphatic carbocycles. The van der Waals surface area contributed by atoms with Crippen LogP contribution >= 0.6 is 0 Å². The van der Waals surface area contributed by atoms with Gasteiger partial charge in [0.25, 0.3) is 11.1 Å². The fraction of sp³-hybridized carbons (Fsp3) is 0.429. The van der Waals surface area contributed by atoms with Crippen molar-refractivity contribution in [3.05, 3.63) is 152 Å². The van der Waals surface area contributed by atoms with Gasteiger partial charge in [-0.3, -0.25) is 19.4 Å². The van der Waals surface area contributed by atoms with E-state index >= 15 is 0 Å². The molecule has 8 rings (SSSR count). The van der Waals surface area contributed by atoms with E-state index in [4.69, 9.17) is 0 Å². The molecule has 57 heavy (non-hydrogen) atoms. The SMILES string of the molecule is O=c1c(O)c(CN2CCC(Cc3cccc(-c4cccc(Cn5ccc(CN6CCC(C7CCCCC7)CC6)c(O)c5=O)c4)c3)CC2)ccn1Cc1ccccc1. The second kappa shape index (κ2) is 18.1. The molecular formula is C49H58N4O4. The minimum atomic E-state index is -0.343. The fourth-order valence-corrected chi connectivity index (χ4v) is 9.76. The molecule has 2 aliphatic heterocycles. The molecule has 0 unspecified atom stereocenters. The lowest BCUT2D eigenvalue weighted by Crippen LogP contribution is -2.36. The number of aromatic nitrogens is 2. The summed E-state index contributed by atoms with van der Waals surface area (Å²) >= 11 is 0. The van der Waals surface area contributed by atoms with Crippen molar-refractivity contribution in [2.45, 2.75) is 90.4 Å². The molecule has 0 bridgehead atoms. The van der Waals surface area contributed by atoms with Gasteiger partial charge in [-0.15, -0.1) is 0 Å². The van der Waals surface area contributed by atoms with Crippen LogP contribution in [0, 0.1) is 17.8 Å². The Morgan fingerprint density at radius 3 is 1.58 bits per heavy atom. The summed E-state index contributed by atoms with van der Waals surface area (Å²) in [6, 6.07) is 30.8. The zero-order chi connectivity index (χ0) is 39.1. The predicted molar refractivity (Wildman–Crippen MR) is 228 cm³/mol. The van der Waals surface area contributed by atoms with Gasteiger partial charge in [0.1, 0.15) is 0 Å². The number of hydrogen-bond acceptors (Lipinski definition) is 6. The molecule has 2 N–H and O–H groups in total. The number of hydrogen-bond donors (Lipinski definition) is 2. The summed E-state index contributed by atoms with van der Waals surface area (Å²) in [6.45, 7) is 5.96. The smallest absolute Gasteiger partial charge is 0.293 e. The van der Waals surface area contributed by atoms with Crippen LogP contribution in [0.1, 0.15) is 85.6 Å². The third-order valence-corrected chi connectivity index (χ3v) is 13.2. The summed E-state index contributed by atoms with van der Waals surface area (Å²) in [4.78, 5) is 31.0. The Bertz CT molecular complexity index is 2220. The molecule has 2 aromatic heterocycles. The first-order chi connectivity index (χ1) is 27.9. The highest BCUT2D eigenvalue weighted by atomic mass is 16.3. The van der Waals surface area contributed by atoms with Gasteiger partial charge < -0.3 is 19.3 Å². The van der Waals surface area contributed by atoms with Gasteiger partial charge in [0, 0.05) is 36.6 Å². The monoisotopic (exact) mass is 766 g/mol. The van der Waals surface area contributed by atoms with Crippen molar-refractivity contribution in [2.75, 3.05) is 26.2 Å². The Kier molecular flexibility index (Phi) is 12.4. The summed E-state index contributed by atoms with van der Waals surface area (Å²) in [6.07, 6.45) is 16.2. The van der Waals surface area contributed by atoms with Crippen LogP contribution < -0.4 is 11.1 Å². The van der Waals surface area contributed by atoms with Crippen LogP contribution in [-0.4, -0.2) is 55.3 Å². The van der Waals surface area contributed by atoms with E-state index in [1.807, 2.05) is 60.8 Å². The Balaban J connectivity index is 0.836. The van der Waals surface area contributed by atoms with Gasteiger partial charge in [-0.05, 0) is 122 Å². The summed E-state index contributed by atoms with van der Waals surface area (Å²) in [5.74, 6) is 2.03. The van der Waals surface area contributed by atoms with Crippen LogP contribution in [0.15, 0.2) is 113 Å². The van der Waals surface area contributed by atoms with Crippen molar-refractivity contribution in [3.63, 3.8) is 0 Å². The molecule has 3 aromatic carbocycles. The molecule has 8 heteroatoms. The number of benzene rings is 3. The number of rotatable bonds is 12. The maximum absolute atomic E-state index is 13.4. The molecule has 0 atom stereocenters. The third kappa shape index (κ3) is 9.62. The van der Waals surface area contributed by atoms with E-state index in [0.29, 0.717) is 37.7 Å². The van der Waals surface area contributed by atoms with Crippen LogP contribution in [0.5, 0.6) is 11.5 Å². The second-order valence-electron chi connectivity index (χ2n) is 17.1. The predicted octanol–water partition coefficient (Wildman–Crippen LogP) is 8.43. The standard InChI is InChI=1S/C49H58N4O4/c54-46-44(21-27-52(48(46)56)32-37-9-3-1-4-10-37)34-50-23-17-36(18-24-50)29-38-11-7-15-42(30-38)43-16-8-12-39(31-43)33-53-28-22-45(47(55)49(53)57)35-51-25-19-41(20-26-51)40-13-5-2-6-14-40/h1,3-4,7-12,15-16,21-22,27-28,30-31,36,40-41,54-55H,2,5-6,13-14,17-20,23-26,29,32-35H2. The zero-order valence-electron chi connectivity index (χ0n) is 33.3. The molecule has 5 aromatic rings. The highest BCUT2D eigenvalue weighted by Crippen LogP contribution is 2.36. The van der Waals surface area contributed by atoms with Crippen molar-refractivity contribution in [1.82, 2.24) is 18.9 Å². The molecule has 2 saturated heterocycles. The number of nitrogens with zero attached hydrogens (tertiary/aromatic N) is 4. The topological polar surface area (TPSA) is 90.9 Å². The van der Waals surface area contributed by atoms with E-state index in [0.717, 1.165) is 85.1 Å². The molecule has 298 valence electrons. The third-order valence-electron chi connectivity index (χ3n) is 13.2. The van der Waals surface area contributed by atoms with Crippen molar-refractivity contribution >= 4 is 0 Å². The number of likely N-dealkylation sites (tertiary alicyclic amines) is 2. The van der Waals surface area contributed by atoms with E-state index < -0.39 is 0 Å². The van der Waals surface area contributed by atoms with Gasteiger partial charge in [-0.25, -0.2) is 0 Å². The summed E-state index contributed by atoms with van der Waals surface area (Å²) in [5.41, 5.74) is 6.36. The molecule has 0 radical (unpaired) electrons. The Morgan fingerprint density at radius 1 is 0.491 bits per heavy atom. The van der Waals surface area contributed by atoms with Gasteiger partial charge in [0.2, 0.25) is 0 Å². The molecule has 3 fully saturated rings. The first-order valence-corrected chi connectivity index (χ1v) is 21.4. The van der Waals surface area contributed by atoms with Crippen LogP contribution in [0.4, 0.5) is 0 Å². The average molecular weight is 767 g/mol. The molecule has 0 amide bonds. The summed E-state index contributed by atoms with van der Waals surface area (Å²) in [5, 5.41) is 21.8. The Morgan fingerprint density at radius 2 is 0.982 bits per heavy atom. The van der Waals surface area contributed by atoms with E-state index in [1.165, 1.54) is 50.5 Å². The number of aromatic hydroxyl groups is 2. The first kappa shape index (κ1) is 38.9. The molecular weight excluding hydrogens is 709 g/mol. The molecule has 0 spiro atoms. The van der Waals surface area contributed by atoms with Crippen LogP contribution in [0.2, 0.25) is 0 Å². The van der Waals surface area contributed by atoms with Gasteiger partial charge in [0.05, 0.1) is 13.1 Å². The quantitative estimate of drug-likeness (QED) is 0.133. The van der Waals surface area contributed by atoms with Crippen molar-refractivity contribution in [1.29, 1.82) is 0 Å². The summed E-state index contributed by atoms with van der Waals surface area (Å²) in [7, 11) is 0. The second-order valence-corrected chi connectivity index (χ2v) is 17.1. The minimum absolute atomic E-state index is 0.122. The first-order valence-electron chi connectivity index (χ1n) is 21.4. The van der Waals surface area contributed by atoms with E-state index in [2.05, 4.69) is 46.2 Å². The minimum Gasteiger partial charge on any atom is -0.503 e. The van der Waals surface area contributed by atoms with Crippen LogP contribution in [0.25, 0.3) is 11.1 Å². The van der Waals surface area contributed by atoms with Crippen molar-refractivity contribution < 1.29 is 10.2 Å². The Labute approximate surface area is 337 Å². The Hall–Kier alpha value is -4.92. The van der Waals surface area contributed by atoms with E-state index in [1.54, 1.807) is 15.3 Å². The lowest BCUT2D eigenvalue weighted by atomic mass is 9.76. The molecule has 3 aliphatic rings.